The lowest BCUT2D eigenvalue weighted by atomic mass is 10.1. The zero-order valence-corrected chi connectivity index (χ0v) is 8.78. The molecule has 0 unspecified atom stereocenters. The van der Waals surface area contributed by atoms with Crippen LogP contribution in [0, 0.1) is 14.9 Å². The van der Waals surface area contributed by atoms with Crippen LogP contribution < -0.4 is 0 Å². The van der Waals surface area contributed by atoms with E-state index in [0.717, 1.165) is 3.57 Å². The number of nitriles is 1. The zero-order valence-electron chi connectivity index (χ0n) is 6.62. The highest BCUT2D eigenvalue weighted by molar-refractivity contribution is 14.1. The molecule has 0 aliphatic rings. The number of carboxylic acid groups (broad SMARTS) is 1. The van der Waals surface area contributed by atoms with Crippen LogP contribution in [0.5, 0.6) is 0 Å². The van der Waals surface area contributed by atoms with E-state index < -0.39 is 5.97 Å². The Bertz CT molecular complexity index is 382. The lowest BCUT2D eigenvalue weighted by Gasteiger charge is -2.00. The van der Waals surface area contributed by atoms with Crippen LogP contribution in [0.2, 0.25) is 0 Å². The Labute approximate surface area is 89.1 Å². The van der Waals surface area contributed by atoms with Gasteiger partial charge >= 0.3 is 5.97 Å². The monoisotopic (exact) mass is 287 g/mol. The molecule has 0 amide bonds. The van der Waals surface area contributed by atoms with Crippen LogP contribution in [0.1, 0.15) is 11.1 Å². The molecule has 0 aliphatic heterocycles. The SMILES string of the molecule is N#Cc1cc(I)ccc1CC(=O)O. The van der Waals surface area contributed by atoms with E-state index in [1.807, 2.05) is 6.07 Å². The van der Waals surface area contributed by atoms with Gasteiger partial charge in [-0.1, -0.05) is 6.07 Å². The molecule has 4 heteroatoms. The third-order valence-electron chi connectivity index (χ3n) is 1.53. The molecule has 1 rings (SSSR count). The van der Waals surface area contributed by atoms with Crippen LogP contribution in [0.4, 0.5) is 0 Å². The van der Waals surface area contributed by atoms with Gasteiger partial charge in [0.25, 0.3) is 0 Å². The fraction of sp³-hybridized carbons (Fsp3) is 0.111. The second-order valence-electron chi connectivity index (χ2n) is 2.48. The predicted octanol–water partition coefficient (Wildman–Crippen LogP) is 1.79. The summed E-state index contributed by atoms with van der Waals surface area (Å²) in [6.07, 6.45) is -0.0974. The summed E-state index contributed by atoms with van der Waals surface area (Å²) in [6.45, 7) is 0. The first kappa shape index (κ1) is 9.99. The lowest BCUT2D eigenvalue weighted by molar-refractivity contribution is -0.136. The molecule has 1 N–H and O–H groups in total. The fourth-order valence-electron chi connectivity index (χ4n) is 0.970. The Morgan fingerprint density at radius 3 is 2.85 bits per heavy atom. The van der Waals surface area contributed by atoms with E-state index in [9.17, 15) is 4.79 Å². The van der Waals surface area contributed by atoms with E-state index in [2.05, 4.69) is 22.6 Å². The molecule has 0 spiro atoms. The van der Waals surface area contributed by atoms with Crippen LogP contribution in [-0.2, 0) is 11.2 Å². The molecule has 66 valence electrons. The van der Waals surface area contributed by atoms with Gasteiger partial charge in [-0.2, -0.15) is 5.26 Å². The lowest BCUT2D eigenvalue weighted by Crippen LogP contribution is -2.02. The molecule has 0 radical (unpaired) electrons. The van der Waals surface area contributed by atoms with E-state index in [-0.39, 0.29) is 6.42 Å². The molecule has 13 heavy (non-hydrogen) atoms. The van der Waals surface area contributed by atoms with E-state index >= 15 is 0 Å². The van der Waals surface area contributed by atoms with E-state index in [0.29, 0.717) is 11.1 Å². The van der Waals surface area contributed by atoms with Crippen LogP contribution in [0.25, 0.3) is 0 Å². The largest absolute Gasteiger partial charge is 0.481 e. The van der Waals surface area contributed by atoms with Crippen molar-refractivity contribution in [2.24, 2.45) is 0 Å². The first-order valence-corrected chi connectivity index (χ1v) is 4.61. The number of rotatable bonds is 2. The summed E-state index contributed by atoms with van der Waals surface area (Å²) in [7, 11) is 0. The number of carbonyl (C=O) groups is 1. The second kappa shape index (κ2) is 4.23. The van der Waals surface area contributed by atoms with Gasteiger partial charge in [0.1, 0.15) is 0 Å². The Morgan fingerprint density at radius 1 is 1.62 bits per heavy atom. The molecule has 0 saturated carbocycles. The highest BCUT2D eigenvalue weighted by Gasteiger charge is 2.06. The minimum Gasteiger partial charge on any atom is -0.481 e. The molecule has 0 saturated heterocycles. The van der Waals surface area contributed by atoms with Crippen molar-refractivity contribution in [3.05, 3.63) is 32.9 Å². The maximum absolute atomic E-state index is 10.4. The van der Waals surface area contributed by atoms with Gasteiger partial charge in [0, 0.05) is 3.57 Å². The van der Waals surface area contributed by atoms with Crippen molar-refractivity contribution in [2.45, 2.75) is 6.42 Å². The van der Waals surface area contributed by atoms with Gasteiger partial charge in [0.05, 0.1) is 18.1 Å². The minimum absolute atomic E-state index is 0.0974. The van der Waals surface area contributed by atoms with Crippen molar-refractivity contribution in [3.63, 3.8) is 0 Å². The van der Waals surface area contributed by atoms with Crippen molar-refractivity contribution in [1.29, 1.82) is 5.26 Å². The average Bonchev–Trinajstić information content (AvgIpc) is 2.07. The molecule has 0 atom stereocenters. The van der Waals surface area contributed by atoms with Gasteiger partial charge in [0.15, 0.2) is 0 Å². The molecular formula is C9H6INO2. The zero-order chi connectivity index (χ0) is 9.84. The van der Waals surface area contributed by atoms with E-state index in [4.69, 9.17) is 10.4 Å². The number of nitrogens with zero attached hydrogens (tertiary/aromatic N) is 1. The molecule has 0 fully saturated rings. The minimum atomic E-state index is -0.919. The van der Waals surface area contributed by atoms with Gasteiger partial charge in [-0.3, -0.25) is 4.79 Å². The summed E-state index contributed by atoms with van der Waals surface area (Å²) in [5.41, 5.74) is 1.00. The molecule has 1 aromatic carbocycles. The normalized spacial score (nSPS) is 9.23. The molecule has 0 aromatic heterocycles. The Morgan fingerprint density at radius 2 is 2.31 bits per heavy atom. The van der Waals surface area contributed by atoms with Crippen LogP contribution in [-0.4, -0.2) is 11.1 Å². The summed E-state index contributed by atoms with van der Waals surface area (Å²) in [5, 5.41) is 17.3. The summed E-state index contributed by atoms with van der Waals surface area (Å²) < 4.78 is 0.934. The van der Waals surface area contributed by atoms with Crippen LogP contribution in [0.3, 0.4) is 0 Å². The molecule has 1 aromatic rings. The van der Waals surface area contributed by atoms with E-state index in [1.54, 1.807) is 18.2 Å². The quantitative estimate of drug-likeness (QED) is 0.843. The van der Waals surface area contributed by atoms with Gasteiger partial charge in [-0.25, -0.2) is 0 Å². The molecular weight excluding hydrogens is 281 g/mol. The van der Waals surface area contributed by atoms with Crippen molar-refractivity contribution < 1.29 is 9.90 Å². The Kier molecular flexibility index (Phi) is 3.25. The smallest absolute Gasteiger partial charge is 0.307 e. The first-order chi connectivity index (χ1) is 6.13. The third-order valence-corrected chi connectivity index (χ3v) is 2.21. The van der Waals surface area contributed by atoms with Gasteiger partial charge in [-0.05, 0) is 40.3 Å². The molecule has 3 nitrogen and oxygen atoms in total. The fourth-order valence-corrected chi connectivity index (χ4v) is 1.46. The van der Waals surface area contributed by atoms with Gasteiger partial charge in [-0.15, -0.1) is 0 Å². The average molecular weight is 287 g/mol. The second-order valence-corrected chi connectivity index (χ2v) is 3.73. The molecule has 0 heterocycles. The van der Waals surface area contributed by atoms with Crippen LogP contribution >= 0.6 is 22.6 Å². The number of aliphatic carboxylic acids is 1. The van der Waals surface area contributed by atoms with Gasteiger partial charge in [0.2, 0.25) is 0 Å². The van der Waals surface area contributed by atoms with E-state index in [1.165, 1.54) is 0 Å². The number of benzene rings is 1. The third kappa shape index (κ3) is 2.70. The summed E-state index contributed by atoms with van der Waals surface area (Å²) in [5.74, 6) is -0.919. The van der Waals surface area contributed by atoms with Crippen molar-refractivity contribution in [3.8, 4) is 6.07 Å². The first-order valence-electron chi connectivity index (χ1n) is 3.54. The van der Waals surface area contributed by atoms with Crippen LogP contribution in [0.15, 0.2) is 18.2 Å². The topological polar surface area (TPSA) is 61.1 Å². The highest BCUT2D eigenvalue weighted by Crippen LogP contribution is 2.13. The highest BCUT2D eigenvalue weighted by atomic mass is 127. The number of carboxylic acids is 1. The predicted molar refractivity (Wildman–Crippen MR) is 55.2 cm³/mol. The molecule has 0 bridgehead atoms. The summed E-state index contributed by atoms with van der Waals surface area (Å²) in [4.78, 5) is 10.4. The summed E-state index contributed by atoms with van der Waals surface area (Å²) >= 11 is 2.08. The van der Waals surface area contributed by atoms with Crippen molar-refractivity contribution in [2.75, 3.05) is 0 Å². The summed E-state index contributed by atoms with van der Waals surface area (Å²) in [6, 6.07) is 7.12. The maximum atomic E-state index is 10.4. The standard InChI is InChI=1S/C9H6INO2/c10-8-2-1-6(4-9(12)13)7(3-8)5-11/h1-3H,4H2,(H,12,13). The Balaban J connectivity index is 3.08. The van der Waals surface area contributed by atoms with Crippen molar-refractivity contribution in [1.82, 2.24) is 0 Å². The van der Waals surface area contributed by atoms with Gasteiger partial charge < -0.3 is 5.11 Å². The number of hydrogen-bond acceptors (Lipinski definition) is 2. The Hall–Kier alpha value is -1.09. The number of hydrogen-bond donors (Lipinski definition) is 1. The maximum Gasteiger partial charge on any atom is 0.307 e. The van der Waals surface area contributed by atoms with Crippen molar-refractivity contribution >= 4 is 28.6 Å². The number of halogens is 1. The molecule has 0 aliphatic carbocycles.